The summed E-state index contributed by atoms with van der Waals surface area (Å²) in [7, 11) is 0. The van der Waals surface area contributed by atoms with E-state index in [2.05, 4.69) is 9.97 Å². The SMILES string of the molecule is CC(Oc1cccc(F)c1F)c1ccnc(N)n1. The first kappa shape index (κ1) is 12.2. The number of nitrogens with two attached hydrogens (primary N) is 1. The molecule has 0 saturated heterocycles. The van der Waals surface area contributed by atoms with Crippen LogP contribution in [0.15, 0.2) is 30.5 Å². The summed E-state index contributed by atoms with van der Waals surface area (Å²) >= 11 is 0. The van der Waals surface area contributed by atoms with Gasteiger partial charge >= 0.3 is 0 Å². The van der Waals surface area contributed by atoms with Gasteiger partial charge in [0.05, 0.1) is 5.69 Å². The minimum Gasteiger partial charge on any atom is -0.481 e. The van der Waals surface area contributed by atoms with Crippen molar-refractivity contribution in [1.82, 2.24) is 9.97 Å². The quantitative estimate of drug-likeness (QED) is 0.910. The normalized spacial score (nSPS) is 12.2. The fraction of sp³-hybridized carbons (Fsp3) is 0.167. The first-order chi connectivity index (χ1) is 8.58. The molecule has 2 aromatic rings. The zero-order valence-electron chi connectivity index (χ0n) is 9.60. The summed E-state index contributed by atoms with van der Waals surface area (Å²) in [6.45, 7) is 1.66. The summed E-state index contributed by atoms with van der Waals surface area (Å²) in [6, 6.07) is 5.34. The second-order valence-corrected chi connectivity index (χ2v) is 3.65. The lowest BCUT2D eigenvalue weighted by Gasteiger charge is -2.14. The zero-order valence-corrected chi connectivity index (χ0v) is 9.60. The van der Waals surface area contributed by atoms with Crippen LogP contribution in [0.3, 0.4) is 0 Å². The van der Waals surface area contributed by atoms with E-state index in [9.17, 15) is 8.78 Å². The van der Waals surface area contributed by atoms with Gasteiger partial charge in [-0.3, -0.25) is 0 Å². The second kappa shape index (κ2) is 4.95. The van der Waals surface area contributed by atoms with Crippen molar-refractivity contribution in [2.45, 2.75) is 13.0 Å². The number of ether oxygens (including phenoxy) is 1. The molecular weight excluding hydrogens is 240 g/mol. The highest BCUT2D eigenvalue weighted by Gasteiger charge is 2.14. The molecule has 0 amide bonds. The van der Waals surface area contributed by atoms with Crippen molar-refractivity contribution in [2.24, 2.45) is 0 Å². The molecule has 0 fully saturated rings. The Labute approximate surface area is 102 Å². The molecule has 2 N–H and O–H groups in total. The lowest BCUT2D eigenvalue weighted by molar-refractivity contribution is 0.209. The van der Waals surface area contributed by atoms with Crippen molar-refractivity contribution in [3.05, 3.63) is 47.8 Å². The third kappa shape index (κ3) is 2.53. The monoisotopic (exact) mass is 251 g/mol. The van der Waals surface area contributed by atoms with E-state index in [1.807, 2.05) is 0 Å². The first-order valence-corrected chi connectivity index (χ1v) is 5.27. The van der Waals surface area contributed by atoms with Crippen LogP contribution in [-0.2, 0) is 0 Å². The highest BCUT2D eigenvalue weighted by molar-refractivity contribution is 5.26. The molecule has 0 saturated carbocycles. The molecular formula is C12H11F2N3O. The molecule has 0 aliphatic heterocycles. The number of anilines is 1. The second-order valence-electron chi connectivity index (χ2n) is 3.65. The maximum Gasteiger partial charge on any atom is 0.220 e. The Morgan fingerprint density at radius 1 is 1.28 bits per heavy atom. The molecule has 4 nitrogen and oxygen atoms in total. The van der Waals surface area contributed by atoms with Gasteiger partial charge < -0.3 is 10.5 Å². The molecule has 1 aromatic heterocycles. The summed E-state index contributed by atoms with van der Waals surface area (Å²) in [6.07, 6.45) is 0.908. The molecule has 1 unspecified atom stereocenters. The van der Waals surface area contributed by atoms with Gasteiger partial charge in [0.25, 0.3) is 0 Å². The Morgan fingerprint density at radius 2 is 2.06 bits per heavy atom. The third-order valence-electron chi connectivity index (χ3n) is 2.33. The van der Waals surface area contributed by atoms with Gasteiger partial charge in [0.15, 0.2) is 11.6 Å². The summed E-state index contributed by atoms with van der Waals surface area (Å²) in [4.78, 5) is 7.68. The van der Waals surface area contributed by atoms with Crippen LogP contribution in [0.5, 0.6) is 5.75 Å². The van der Waals surface area contributed by atoms with Gasteiger partial charge in [0, 0.05) is 6.20 Å². The molecule has 0 spiro atoms. The third-order valence-corrected chi connectivity index (χ3v) is 2.33. The van der Waals surface area contributed by atoms with Crippen molar-refractivity contribution >= 4 is 5.95 Å². The van der Waals surface area contributed by atoms with Gasteiger partial charge in [-0.25, -0.2) is 14.4 Å². The maximum absolute atomic E-state index is 13.4. The van der Waals surface area contributed by atoms with Crippen molar-refractivity contribution < 1.29 is 13.5 Å². The van der Waals surface area contributed by atoms with Crippen LogP contribution < -0.4 is 10.5 Å². The van der Waals surface area contributed by atoms with Crippen molar-refractivity contribution in [3.63, 3.8) is 0 Å². The molecule has 1 atom stereocenters. The molecule has 1 heterocycles. The number of aromatic nitrogens is 2. The molecule has 0 bridgehead atoms. The fourth-order valence-corrected chi connectivity index (χ4v) is 1.44. The highest BCUT2D eigenvalue weighted by atomic mass is 19.2. The molecule has 0 radical (unpaired) electrons. The number of halogens is 2. The molecule has 2 rings (SSSR count). The Morgan fingerprint density at radius 3 is 2.78 bits per heavy atom. The number of hydrogen-bond donors (Lipinski definition) is 1. The van der Waals surface area contributed by atoms with E-state index >= 15 is 0 Å². The summed E-state index contributed by atoms with van der Waals surface area (Å²) in [5.74, 6) is -2.05. The summed E-state index contributed by atoms with van der Waals surface area (Å²) < 4.78 is 31.7. The van der Waals surface area contributed by atoms with Gasteiger partial charge in [0.2, 0.25) is 11.8 Å². The highest BCUT2D eigenvalue weighted by Crippen LogP contribution is 2.24. The van der Waals surface area contributed by atoms with Gasteiger partial charge in [0.1, 0.15) is 6.10 Å². The lowest BCUT2D eigenvalue weighted by Crippen LogP contribution is -2.08. The number of benzene rings is 1. The summed E-state index contributed by atoms with van der Waals surface area (Å²) in [5.41, 5.74) is 5.92. The van der Waals surface area contributed by atoms with Gasteiger partial charge in [-0.2, -0.15) is 4.39 Å². The predicted octanol–water partition coefficient (Wildman–Crippen LogP) is 2.48. The Bertz CT molecular complexity index is 563. The van der Waals surface area contributed by atoms with Crippen molar-refractivity contribution in [3.8, 4) is 5.75 Å². The largest absolute Gasteiger partial charge is 0.481 e. The van der Waals surface area contributed by atoms with Crippen LogP contribution in [0.2, 0.25) is 0 Å². The first-order valence-electron chi connectivity index (χ1n) is 5.27. The van der Waals surface area contributed by atoms with Crippen LogP contribution in [0, 0.1) is 11.6 Å². The van der Waals surface area contributed by atoms with Gasteiger partial charge in [-0.15, -0.1) is 0 Å². The van der Waals surface area contributed by atoms with E-state index in [0.717, 1.165) is 6.07 Å². The van der Waals surface area contributed by atoms with E-state index in [1.165, 1.54) is 18.3 Å². The van der Waals surface area contributed by atoms with Crippen LogP contribution >= 0.6 is 0 Å². The maximum atomic E-state index is 13.4. The molecule has 18 heavy (non-hydrogen) atoms. The molecule has 1 aromatic carbocycles. The van der Waals surface area contributed by atoms with Crippen LogP contribution in [0.4, 0.5) is 14.7 Å². The van der Waals surface area contributed by atoms with Gasteiger partial charge in [-0.05, 0) is 25.1 Å². The van der Waals surface area contributed by atoms with Crippen LogP contribution in [0.25, 0.3) is 0 Å². The fourth-order valence-electron chi connectivity index (χ4n) is 1.44. The van der Waals surface area contributed by atoms with E-state index in [4.69, 9.17) is 10.5 Å². The smallest absolute Gasteiger partial charge is 0.220 e. The predicted molar refractivity (Wildman–Crippen MR) is 61.8 cm³/mol. The minimum absolute atomic E-state index is 0.0997. The topological polar surface area (TPSA) is 61.0 Å². The van der Waals surface area contributed by atoms with Gasteiger partial charge in [-0.1, -0.05) is 6.07 Å². The van der Waals surface area contributed by atoms with Crippen LogP contribution in [-0.4, -0.2) is 9.97 Å². The average molecular weight is 251 g/mol. The molecule has 0 aliphatic rings. The minimum atomic E-state index is -1.02. The van der Waals surface area contributed by atoms with E-state index in [1.54, 1.807) is 13.0 Å². The molecule has 0 aliphatic carbocycles. The van der Waals surface area contributed by atoms with Crippen LogP contribution in [0.1, 0.15) is 18.7 Å². The lowest BCUT2D eigenvalue weighted by atomic mass is 10.2. The zero-order chi connectivity index (χ0) is 13.1. The Hall–Kier alpha value is -2.24. The van der Waals surface area contributed by atoms with E-state index < -0.39 is 17.7 Å². The van der Waals surface area contributed by atoms with E-state index in [-0.39, 0.29) is 11.7 Å². The number of nitrogens with zero attached hydrogens (tertiary/aromatic N) is 2. The molecule has 6 heteroatoms. The number of hydrogen-bond acceptors (Lipinski definition) is 4. The van der Waals surface area contributed by atoms with Crippen molar-refractivity contribution in [2.75, 3.05) is 5.73 Å². The Balaban J connectivity index is 2.21. The average Bonchev–Trinajstić information content (AvgIpc) is 2.35. The van der Waals surface area contributed by atoms with E-state index in [0.29, 0.717) is 5.69 Å². The molecule has 94 valence electrons. The summed E-state index contributed by atoms with van der Waals surface area (Å²) in [5, 5.41) is 0. The van der Waals surface area contributed by atoms with Crippen molar-refractivity contribution in [1.29, 1.82) is 0 Å². The Kier molecular flexibility index (Phi) is 3.36. The number of nitrogen functional groups attached to an aromatic ring is 1. The number of rotatable bonds is 3. The standard InChI is InChI=1S/C12H11F2N3O/c1-7(9-5-6-16-12(15)17-9)18-10-4-2-3-8(13)11(10)14/h2-7H,1H3,(H2,15,16,17).